The lowest BCUT2D eigenvalue weighted by atomic mass is 10.1. The van der Waals surface area contributed by atoms with E-state index in [-0.39, 0.29) is 0 Å². The quantitative estimate of drug-likeness (QED) is 0.633. The standard InChI is InChI=1S/C18H16OS/c1-2-19-17-12-13-18(16-11-7-6-10-15(16)17)20-14-8-4-3-5-9-14/h3-13H,2H2,1H3. The third-order valence-corrected chi connectivity index (χ3v) is 4.20. The maximum Gasteiger partial charge on any atom is 0.127 e. The van der Waals surface area contributed by atoms with Gasteiger partial charge in [0.1, 0.15) is 5.75 Å². The molecule has 0 N–H and O–H groups in total. The molecule has 0 aliphatic rings. The Hall–Kier alpha value is -1.93. The monoisotopic (exact) mass is 280 g/mol. The molecule has 0 saturated heterocycles. The van der Waals surface area contributed by atoms with Crippen molar-refractivity contribution in [3.8, 4) is 5.75 Å². The highest BCUT2D eigenvalue weighted by Gasteiger charge is 2.07. The van der Waals surface area contributed by atoms with Crippen molar-refractivity contribution in [3.63, 3.8) is 0 Å². The largest absolute Gasteiger partial charge is 0.493 e. The molecule has 100 valence electrons. The van der Waals surface area contributed by atoms with Crippen LogP contribution in [0.15, 0.2) is 76.5 Å². The molecule has 0 aliphatic carbocycles. The van der Waals surface area contributed by atoms with E-state index in [0.717, 1.165) is 5.75 Å². The lowest BCUT2D eigenvalue weighted by Gasteiger charge is -2.11. The fourth-order valence-electron chi connectivity index (χ4n) is 2.23. The zero-order chi connectivity index (χ0) is 13.8. The van der Waals surface area contributed by atoms with Crippen LogP contribution >= 0.6 is 11.8 Å². The molecule has 0 fully saturated rings. The molecule has 3 rings (SSSR count). The average molecular weight is 280 g/mol. The molecule has 0 atom stereocenters. The third-order valence-electron chi connectivity index (χ3n) is 3.11. The van der Waals surface area contributed by atoms with Crippen molar-refractivity contribution in [2.75, 3.05) is 6.61 Å². The first-order valence-corrected chi connectivity index (χ1v) is 7.57. The second kappa shape index (κ2) is 6.02. The molecule has 0 radical (unpaired) electrons. The van der Waals surface area contributed by atoms with E-state index in [4.69, 9.17) is 4.74 Å². The molecular weight excluding hydrogens is 264 g/mol. The van der Waals surface area contributed by atoms with E-state index in [1.165, 1.54) is 20.6 Å². The lowest BCUT2D eigenvalue weighted by molar-refractivity contribution is 0.344. The Morgan fingerprint density at radius 3 is 2.25 bits per heavy atom. The summed E-state index contributed by atoms with van der Waals surface area (Å²) in [5.74, 6) is 0.959. The molecule has 2 heteroatoms. The molecule has 3 aromatic rings. The van der Waals surface area contributed by atoms with Gasteiger partial charge in [-0.05, 0) is 36.6 Å². The van der Waals surface area contributed by atoms with Crippen molar-refractivity contribution in [2.45, 2.75) is 16.7 Å². The minimum Gasteiger partial charge on any atom is -0.493 e. The van der Waals surface area contributed by atoms with Gasteiger partial charge >= 0.3 is 0 Å². The number of rotatable bonds is 4. The van der Waals surface area contributed by atoms with E-state index >= 15 is 0 Å². The summed E-state index contributed by atoms with van der Waals surface area (Å²) in [6, 6.07) is 23.1. The van der Waals surface area contributed by atoms with Crippen LogP contribution in [-0.4, -0.2) is 6.61 Å². The van der Waals surface area contributed by atoms with Gasteiger partial charge in [-0.2, -0.15) is 0 Å². The van der Waals surface area contributed by atoms with Gasteiger partial charge in [-0.15, -0.1) is 0 Å². The SMILES string of the molecule is CCOc1ccc(Sc2ccccc2)c2ccccc12. The highest BCUT2D eigenvalue weighted by Crippen LogP contribution is 2.37. The molecule has 3 aromatic carbocycles. The van der Waals surface area contributed by atoms with Crippen molar-refractivity contribution in [1.29, 1.82) is 0 Å². The Labute approximate surface area is 123 Å². The maximum absolute atomic E-state index is 5.72. The Balaban J connectivity index is 2.06. The summed E-state index contributed by atoms with van der Waals surface area (Å²) in [6.45, 7) is 2.70. The van der Waals surface area contributed by atoms with E-state index in [0.29, 0.717) is 6.61 Å². The fraction of sp³-hybridized carbons (Fsp3) is 0.111. The van der Waals surface area contributed by atoms with Crippen LogP contribution in [0.5, 0.6) is 5.75 Å². The zero-order valence-corrected chi connectivity index (χ0v) is 12.2. The van der Waals surface area contributed by atoms with Crippen LogP contribution < -0.4 is 4.74 Å². The Bertz CT molecular complexity index is 707. The first-order valence-electron chi connectivity index (χ1n) is 6.76. The molecule has 0 amide bonds. The first-order chi connectivity index (χ1) is 9.88. The molecule has 0 saturated carbocycles. The van der Waals surface area contributed by atoms with Crippen LogP contribution in [-0.2, 0) is 0 Å². The molecule has 0 heterocycles. The summed E-state index contributed by atoms with van der Waals surface area (Å²) in [5, 5.41) is 2.42. The van der Waals surface area contributed by atoms with Crippen molar-refractivity contribution in [3.05, 3.63) is 66.7 Å². The number of benzene rings is 3. The van der Waals surface area contributed by atoms with Gasteiger partial charge in [0.25, 0.3) is 0 Å². The van der Waals surface area contributed by atoms with Crippen LogP contribution in [0.3, 0.4) is 0 Å². The van der Waals surface area contributed by atoms with Crippen molar-refractivity contribution in [1.82, 2.24) is 0 Å². The zero-order valence-electron chi connectivity index (χ0n) is 11.4. The van der Waals surface area contributed by atoms with E-state index in [2.05, 4.69) is 60.7 Å². The predicted molar refractivity (Wildman–Crippen MR) is 85.7 cm³/mol. The van der Waals surface area contributed by atoms with Crippen molar-refractivity contribution >= 4 is 22.5 Å². The number of ether oxygens (including phenoxy) is 1. The smallest absolute Gasteiger partial charge is 0.127 e. The summed E-state index contributed by atoms with van der Waals surface area (Å²) in [5.41, 5.74) is 0. The van der Waals surface area contributed by atoms with Crippen LogP contribution in [0.25, 0.3) is 10.8 Å². The summed E-state index contributed by atoms with van der Waals surface area (Å²) >= 11 is 1.79. The highest BCUT2D eigenvalue weighted by molar-refractivity contribution is 7.99. The minimum atomic E-state index is 0.690. The minimum absolute atomic E-state index is 0.690. The second-order valence-corrected chi connectivity index (χ2v) is 5.57. The molecule has 0 unspecified atom stereocenters. The topological polar surface area (TPSA) is 9.23 Å². The van der Waals surface area contributed by atoms with E-state index in [1.807, 2.05) is 13.0 Å². The van der Waals surface area contributed by atoms with Gasteiger partial charge in [-0.25, -0.2) is 0 Å². The predicted octanol–water partition coefficient (Wildman–Crippen LogP) is 5.39. The Kier molecular flexibility index (Phi) is 3.93. The van der Waals surface area contributed by atoms with Gasteiger partial charge < -0.3 is 4.74 Å². The van der Waals surface area contributed by atoms with E-state index < -0.39 is 0 Å². The fourth-order valence-corrected chi connectivity index (χ4v) is 3.20. The van der Waals surface area contributed by atoms with Crippen LogP contribution in [0.1, 0.15) is 6.92 Å². The lowest BCUT2D eigenvalue weighted by Crippen LogP contribution is -1.92. The number of hydrogen-bond acceptors (Lipinski definition) is 2. The van der Waals surface area contributed by atoms with Crippen molar-refractivity contribution in [2.24, 2.45) is 0 Å². The van der Waals surface area contributed by atoms with Crippen LogP contribution in [0.2, 0.25) is 0 Å². The highest BCUT2D eigenvalue weighted by atomic mass is 32.2. The summed E-state index contributed by atoms with van der Waals surface area (Å²) in [7, 11) is 0. The molecule has 0 bridgehead atoms. The molecular formula is C18H16OS. The molecule has 0 spiro atoms. The summed E-state index contributed by atoms with van der Waals surface area (Å²) < 4.78 is 5.72. The maximum atomic E-state index is 5.72. The number of fused-ring (bicyclic) bond motifs is 1. The van der Waals surface area contributed by atoms with Crippen LogP contribution in [0, 0.1) is 0 Å². The van der Waals surface area contributed by atoms with Crippen molar-refractivity contribution < 1.29 is 4.74 Å². The molecule has 1 nitrogen and oxygen atoms in total. The normalized spacial score (nSPS) is 10.7. The molecule has 20 heavy (non-hydrogen) atoms. The Morgan fingerprint density at radius 2 is 1.50 bits per heavy atom. The van der Waals surface area contributed by atoms with Gasteiger partial charge in [0, 0.05) is 15.2 Å². The average Bonchev–Trinajstić information content (AvgIpc) is 2.51. The van der Waals surface area contributed by atoms with Gasteiger partial charge in [0.15, 0.2) is 0 Å². The van der Waals surface area contributed by atoms with Gasteiger partial charge in [0.2, 0.25) is 0 Å². The third kappa shape index (κ3) is 2.66. The van der Waals surface area contributed by atoms with E-state index in [9.17, 15) is 0 Å². The van der Waals surface area contributed by atoms with Gasteiger partial charge in [-0.3, -0.25) is 0 Å². The molecule has 0 aromatic heterocycles. The van der Waals surface area contributed by atoms with Gasteiger partial charge in [-0.1, -0.05) is 54.2 Å². The Morgan fingerprint density at radius 1 is 0.800 bits per heavy atom. The van der Waals surface area contributed by atoms with E-state index in [1.54, 1.807) is 11.8 Å². The molecule has 0 aliphatic heterocycles. The summed E-state index contributed by atoms with van der Waals surface area (Å²) in [6.07, 6.45) is 0. The van der Waals surface area contributed by atoms with Gasteiger partial charge in [0.05, 0.1) is 6.61 Å². The second-order valence-electron chi connectivity index (χ2n) is 4.46. The first kappa shape index (κ1) is 13.1. The van der Waals surface area contributed by atoms with Crippen LogP contribution in [0.4, 0.5) is 0 Å². The summed E-state index contributed by atoms with van der Waals surface area (Å²) in [4.78, 5) is 2.51. The number of hydrogen-bond donors (Lipinski definition) is 0.